The van der Waals surface area contributed by atoms with Gasteiger partial charge in [0.25, 0.3) is 0 Å². The minimum absolute atomic E-state index is 0.216. The van der Waals surface area contributed by atoms with Crippen LogP contribution in [0.25, 0.3) is 0 Å². The van der Waals surface area contributed by atoms with Gasteiger partial charge in [-0.3, -0.25) is 4.79 Å². The molecule has 0 aromatic rings. The number of esters is 1. The van der Waals surface area contributed by atoms with E-state index in [1.54, 1.807) is 27.7 Å². The minimum atomic E-state index is -1.87. The molecule has 3 rings (SSSR count). The van der Waals surface area contributed by atoms with Crippen LogP contribution >= 0.6 is 0 Å². The SMILES string of the molecule is CCOC(=O)[C@H](C)C1(O)O[C@H]([C@H]2COC(C)(C)O2)[C@@H]2OC(C)(C)O[C@@H]21. The summed E-state index contributed by atoms with van der Waals surface area (Å²) < 4.78 is 34.3. The molecular weight excluding hydrogens is 332 g/mol. The molecule has 1 N–H and O–H groups in total. The Morgan fingerprint density at radius 2 is 1.80 bits per heavy atom. The van der Waals surface area contributed by atoms with Gasteiger partial charge in [0, 0.05) is 0 Å². The highest BCUT2D eigenvalue weighted by Crippen LogP contribution is 2.48. The molecular formula is C17H28O8. The first-order valence-corrected chi connectivity index (χ1v) is 8.73. The molecule has 0 radical (unpaired) electrons. The summed E-state index contributed by atoms with van der Waals surface area (Å²) in [5.74, 6) is -5.02. The Balaban J connectivity index is 1.86. The van der Waals surface area contributed by atoms with Gasteiger partial charge in [-0.05, 0) is 41.5 Å². The number of rotatable bonds is 4. The van der Waals surface area contributed by atoms with E-state index in [4.69, 9.17) is 28.4 Å². The number of carbonyl (C=O) groups excluding carboxylic acids is 1. The Bertz CT molecular complexity index is 533. The van der Waals surface area contributed by atoms with Gasteiger partial charge in [-0.1, -0.05) is 0 Å². The predicted octanol–water partition coefficient (Wildman–Crippen LogP) is 0.945. The molecule has 0 saturated carbocycles. The summed E-state index contributed by atoms with van der Waals surface area (Å²) in [6.45, 7) is 10.9. The highest BCUT2D eigenvalue weighted by Gasteiger charge is 2.67. The van der Waals surface area contributed by atoms with Crippen molar-refractivity contribution in [2.75, 3.05) is 13.2 Å². The van der Waals surface area contributed by atoms with Gasteiger partial charge in [0.05, 0.1) is 13.2 Å². The van der Waals surface area contributed by atoms with Gasteiger partial charge < -0.3 is 33.5 Å². The lowest BCUT2D eigenvalue weighted by atomic mass is 9.93. The van der Waals surface area contributed by atoms with Crippen LogP contribution < -0.4 is 0 Å². The largest absolute Gasteiger partial charge is 0.466 e. The summed E-state index contributed by atoms with van der Waals surface area (Å²) in [6, 6.07) is 0. The lowest BCUT2D eigenvalue weighted by Crippen LogP contribution is -2.51. The van der Waals surface area contributed by atoms with E-state index < -0.39 is 53.7 Å². The number of fused-ring (bicyclic) bond motifs is 1. The fourth-order valence-corrected chi connectivity index (χ4v) is 3.65. The number of aliphatic hydroxyl groups is 1. The zero-order valence-corrected chi connectivity index (χ0v) is 15.6. The predicted molar refractivity (Wildman–Crippen MR) is 84.3 cm³/mol. The van der Waals surface area contributed by atoms with Crippen LogP contribution in [-0.2, 0) is 33.2 Å². The zero-order valence-electron chi connectivity index (χ0n) is 15.6. The average molecular weight is 360 g/mol. The van der Waals surface area contributed by atoms with E-state index in [9.17, 15) is 9.90 Å². The summed E-state index contributed by atoms with van der Waals surface area (Å²) in [5, 5.41) is 11.2. The molecule has 3 saturated heterocycles. The van der Waals surface area contributed by atoms with E-state index in [1.165, 1.54) is 0 Å². The molecule has 8 nitrogen and oxygen atoms in total. The summed E-state index contributed by atoms with van der Waals surface area (Å²) >= 11 is 0. The summed E-state index contributed by atoms with van der Waals surface area (Å²) in [7, 11) is 0. The monoisotopic (exact) mass is 360 g/mol. The second-order valence-corrected chi connectivity index (χ2v) is 7.70. The standard InChI is InChI=1S/C17H28O8/c1-7-20-14(18)9(2)17(19)13-12(23-16(5,6)25-13)11(24-17)10-8-21-15(3,4)22-10/h9-13,19H,7-8H2,1-6H3/t9-,10+,11+,12-,13-,17?/m0/s1. The van der Waals surface area contributed by atoms with E-state index >= 15 is 0 Å². The molecule has 0 spiro atoms. The van der Waals surface area contributed by atoms with Crippen LogP contribution in [0.15, 0.2) is 0 Å². The fraction of sp³-hybridized carbons (Fsp3) is 0.941. The van der Waals surface area contributed by atoms with Crippen molar-refractivity contribution in [2.24, 2.45) is 5.92 Å². The number of hydrogen-bond acceptors (Lipinski definition) is 8. The van der Waals surface area contributed by atoms with Gasteiger partial charge in [0.15, 0.2) is 11.6 Å². The Morgan fingerprint density at radius 3 is 2.36 bits per heavy atom. The molecule has 0 aromatic carbocycles. The lowest BCUT2D eigenvalue weighted by molar-refractivity contribution is -0.300. The number of ether oxygens (including phenoxy) is 6. The van der Waals surface area contributed by atoms with Crippen molar-refractivity contribution in [3.63, 3.8) is 0 Å². The van der Waals surface area contributed by atoms with Crippen LogP contribution in [0, 0.1) is 5.92 Å². The number of carbonyl (C=O) groups is 1. The van der Waals surface area contributed by atoms with Crippen LogP contribution in [0.1, 0.15) is 41.5 Å². The summed E-state index contributed by atoms with van der Waals surface area (Å²) in [5.41, 5.74) is 0. The molecule has 8 heteroatoms. The first-order valence-electron chi connectivity index (χ1n) is 8.73. The quantitative estimate of drug-likeness (QED) is 0.741. The van der Waals surface area contributed by atoms with Crippen molar-refractivity contribution < 1.29 is 38.3 Å². The Morgan fingerprint density at radius 1 is 1.12 bits per heavy atom. The third-order valence-corrected chi connectivity index (χ3v) is 4.84. The first-order chi connectivity index (χ1) is 11.5. The van der Waals surface area contributed by atoms with E-state index in [-0.39, 0.29) is 6.61 Å². The molecule has 6 atom stereocenters. The fourth-order valence-electron chi connectivity index (χ4n) is 3.65. The highest BCUT2D eigenvalue weighted by molar-refractivity contribution is 5.73. The lowest BCUT2D eigenvalue weighted by Gasteiger charge is -2.34. The first kappa shape index (κ1) is 19.0. The molecule has 3 heterocycles. The highest BCUT2D eigenvalue weighted by atomic mass is 16.8. The minimum Gasteiger partial charge on any atom is -0.466 e. The van der Waals surface area contributed by atoms with Crippen molar-refractivity contribution in [1.29, 1.82) is 0 Å². The second-order valence-electron chi connectivity index (χ2n) is 7.70. The molecule has 1 unspecified atom stereocenters. The van der Waals surface area contributed by atoms with Gasteiger partial charge in [0.2, 0.25) is 5.79 Å². The van der Waals surface area contributed by atoms with Crippen molar-refractivity contribution in [3.8, 4) is 0 Å². The Labute approximate surface area is 147 Å². The molecule has 0 bridgehead atoms. The van der Waals surface area contributed by atoms with Crippen molar-refractivity contribution in [3.05, 3.63) is 0 Å². The van der Waals surface area contributed by atoms with Crippen LogP contribution in [0.2, 0.25) is 0 Å². The van der Waals surface area contributed by atoms with Crippen molar-refractivity contribution >= 4 is 5.97 Å². The third-order valence-electron chi connectivity index (χ3n) is 4.84. The molecule has 3 aliphatic heterocycles. The molecule has 0 aromatic heterocycles. The van der Waals surface area contributed by atoms with Crippen LogP contribution in [0.4, 0.5) is 0 Å². The van der Waals surface area contributed by atoms with Crippen LogP contribution in [0.3, 0.4) is 0 Å². The van der Waals surface area contributed by atoms with E-state index in [1.807, 2.05) is 13.8 Å². The van der Waals surface area contributed by atoms with Crippen molar-refractivity contribution in [1.82, 2.24) is 0 Å². The molecule has 0 aliphatic carbocycles. The smallest absolute Gasteiger partial charge is 0.314 e. The van der Waals surface area contributed by atoms with Gasteiger partial charge in [-0.2, -0.15) is 0 Å². The van der Waals surface area contributed by atoms with E-state index in [0.717, 1.165) is 0 Å². The van der Waals surface area contributed by atoms with Crippen LogP contribution in [0.5, 0.6) is 0 Å². The van der Waals surface area contributed by atoms with Crippen molar-refractivity contribution in [2.45, 2.75) is 83.3 Å². The van der Waals surface area contributed by atoms with E-state index in [0.29, 0.717) is 6.61 Å². The van der Waals surface area contributed by atoms with Gasteiger partial charge in [-0.25, -0.2) is 0 Å². The molecule has 25 heavy (non-hydrogen) atoms. The van der Waals surface area contributed by atoms with Gasteiger partial charge >= 0.3 is 5.97 Å². The molecule has 3 aliphatic rings. The summed E-state index contributed by atoms with van der Waals surface area (Å²) in [6.07, 6.45) is -2.49. The average Bonchev–Trinajstić information content (AvgIpc) is 3.10. The maximum absolute atomic E-state index is 12.2. The molecule has 144 valence electrons. The van der Waals surface area contributed by atoms with Crippen LogP contribution in [-0.4, -0.2) is 66.1 Å². The third kappa shape index (κ3) is 3.31. The second kappa shape index (κ2) is 6.14. The van der Waals surface area contributed by atoms with E-state index in [2.05, 4.69) is 0 Å². The topological polar surface area (TPSA) is 92.7 Å². The Hall–Kier alpha value is -0.770. The maximum Gasteiger partial charge on any atom is 0.314 e. The summed E-state index contributed by atoms with van der Waals surface area (Å²) in [4.78, 5) is 12.2. The van der Waals surface area contributed by atoms with Gasteiger partial charge in [-0.15, -0.1) is 0 Å². The maximum atomic E-state index is 12.2. The Kier molecular flexibility index (Phi) is 4.67. The number of hydrogen-bond donors (Lipinski definition) is 1. The van der Waals surface area contributed by atoms with Gasteiger partial charge in [0.1, 0.15) is 30.3 Å². The molecule has 0 amide bonds. The molecule has 3 fully saturated rings. The normalized spacial score (nSPS) is 43.0. The zero-order chi connectivity index (χ0) is 18.6.